The SMILES string of the molecule is CC(C)(C)SCC(=O)CCc1ccsc1. The fraction of sp³-hybridized carbons (Fsp3) is 0.583. The third-order valence-corrected chi connectivity index (χ3v) is 4.00. The van der Waals surface area contributed by atoms with Crippen LogP contribution in [0.3, 0.4) is 0 Å². The highest BCUT2D eigenvalue weighted by Crippen LogP contribution is 2.23. The Hall–Kier alpha value is -0.280. The number of thiophene rings is 1. The molecule has 0 saturated carbocycles. The average molecular weight is 242 g/mol. The first-order valence-corrected chi connectivity index (χ1v) is 7.07. The number of aryl methyl sites for hydroxylation is 1. The minimum atomic E-state index is 0.193. The molecule has 0 atom stereocenters. The van der Waals surface area contributed by atoms with Crippen molar-refractivity contribution in [2.24, 2.45) is 0 Å². The Morgan fingerprint density at radius 3 is 2.73 bits per heavy atom. The maximum absolute atomic E-state index is 11.6. The Balaban J connectivity index is 2.20. The summed E-state index contributed by atoms with van der Waals surface area (Å²) in [6.45, 7) is 6.43. The number of hydrogen-bond acceptors (Lipinski definition) is 3. The van der Waals surface area contributed by atoms with Gasteiger partial charge in [-0.2, -0.15) is 11.3 Å². The maximum Gasteiger partial charge on any atom is 0.143 e. The Bertz CT molecular complexity index is 296. The van der Waals surface area contributed by atoms with Crippen molar-refractivity contribution in [3.05, 3.63) is 22.4 Å². The highest BCUT2D eigenvalue weighted by atomic mass is 32.2. The average Bonchev–Trinajstić information content (AvgIpc) is 2.62. The number of Topliss-reactive ketones (excluding diaryl/α,β-unsaturated/α-hetero) is 1. The molecule has 1 aromatic heterocycles. The van der Waals surface area contributed by atoms with Crippen LogP contribution >= 0.6 is 23.1 Å². The van der Waals surface area contributed by atoms with Gasteiger partial charge in [-0.05, 0) is 28.8 Å². The third kappa shape index (κ3) is 6.00. The van der Waals surface area contributed by atoms with E-state index in [0.29, 0.717) is 18.0 Å². The smallest absolute Gasteiger partial charge is 0.143 e. The van der Waals surface area contributed by atoms with E-state index in [1.54, 1.807) is 23.1 Å². The molecule has 0 fully saturated rings. The highest BCUT2D eigenvalue weighted by Gasteiger charge is 2.13. The van der Waals surface area contributed by atoms with Crippen LogP contribution in [0.4, 0.5) is 0 Å². The molecule has 0 amide bonds. The zero-order valence-electron chi connectivity index (χ0n) is 9.58. The van der Waals surface area contributed by atoms with Crippen LogP contribution in [0.2, 0.25) is 0 Å². The monoisotopic (exact) mass is 242 g/mol. The van der Waals surface area contributed by atoms with Crippen molar-refractivity contribution >= 4 is 28.9 Å². The van der Waals surface area contributed by atoms with Gasteiger partial charge in [0.25, 0.3) is 0 Å². The van der Waals surface area contributed by atoms with Crippen LogP contribution in [0.5, 0.6) is 0 Å². The second kappa shape index (κ2) is 5.71. The minimum Gasteiger partial charge on any atom is -0.299 e. The minimum absolute atomic E-state index is 0.193. The molecule has 0 aromatic carbocycles. The van der Waals surface area contributed by atoms with Gasteiger partial charge >= 0.3 is 0 Å². The standard InChI is InChI=1S/C12H18OS2/c1-12(2,3)15-9-11(13)5-4-10-6-7-14-8-10/h6-8H,4-5,9H2,1-3H3. The van der Waals surface area contributed by atoms with Crippen LogP contribution in [0.25, 0.3) is 0 Å². The Labute approximate surface area is 100 Å². The van der Waals surface area contributed by atoms with E-state index >= 15 is 0 Å². The van der Waals surface area contributed by atoms with Crippen molar-refractivity contribution in [3.63, 3.8) is 0 Å². The van der Waals surface area contributed by atoms with E-state index in [-0.39, 0.29) is 4.75 Å². The third-order valence-electron chi connectivity index (χ3n) is 1.94. The van der Waals surface area contributed by atoms with Crippen molar-refractivity contribution in [1.29, 1.82) is 0 Å². The molecule has 0 saturated heterocycles. The Morgan fingerprint density at radius 2 is 2.20 bits per heavy atom. The van der Waals surface area contributed by atoms with E-state index in [1.165, 1.54) is 5.56 Å². The molecular formula is C12H18OS2. The van der Waals surface area contributed by atoms with Gasteiger partial charge in [0, 0.05) is 11.2 Å². The number of carbonyl (C=O) groups is 1. The molecule has 0 spiro atoms. The van der Waals surface area contributed by atoms with E-state index in [0.717, 1.165) is 6.42 Å². The molecule has 0 aliphatic rings. The molecule has 0 unspecified atom stereocenters. The normalized spacial score (nSPS) is 11.7. The second-order valence-corrected chi connectivity index (χ2v) is 7.15. The first-order valence-electron chi connectivity index (χ1n) is 5.14. The fourth-order valence-electron chi connectivity index (χ4n) is 1.09. The summed E-state index contributed by atoms with van der Waals surface area (Å²) in [7, 11) is 0. The molecule has 3 heteroatoms. The second-order valence-electron chi connectivity index (χ2n) is 4.57. The summed E-state index contributed by atoms with van der Waals surface area (Å²) < 4.78 is 0.193. The van der Waals surface area contributed by atoms with Gasteiger partial charge in [0.05, 0.1) is 5.75 Å². The largest absolute Gasteiger partial charge is 0.299 e. The predicted molar refractivity (Wildman–Crippen MR) is 69.9 cm³/mol. The van der Waals surface area contributed by atoms with Gasteiger partial charge in [0.2, 0.25) is 0 Å². The molecule has 0 aliphatic heterocycles. The zero-order chi connectivity index (χ0) is 11.3. The van der Waals surface area contributed by atoms with Gasteiger partial charge < -0.3 is 0 Å². The molecule has 84 valence electrons. The molecule has 0 radical (unpaired) electrons. The summed E-state index contributed by atoms with van der Waals surface area (Å²) in [5.41, 5.74) is 1.29. The highest BCUT2D eigenvalue weighted by molar-refractivity contribution is 8.01. The molecular weight excluding hydrogens is 224 g/mol. The summed E-state index contributed by atoms with van der Waals surface area (Å²) in [6.07, 6.45) is 1.58. The molecule has 1 heterocycles. The number of ketones is 1. The lowest BCUT2D eigenvalue weighted by atomic mass is 10.1. The first kappa shape index (κ1) is 12.8. The van der Waals surface area contributed by atoms with Crippen molar-refractivity contribution < 1.29 is 4.79 Å². The molecule has 0 aliphatic carbocycles. The number of rotatable bonds is 5. The summed E-state index contributed by atoms with van der Waals surface area (Å²) >= 11 is 3.42. The van der Waals surface area contributed by atoms with Gasteiger partial charge in [0.1, 0.15) is 5.78 Å². The van der Waals surface area contributed by atoms with Crippen LogP contribution in [0, 0.1) is 0 Å². The van der Waals surface area contributed by atoms with Crippen LogP contribution in [-0.4, -0.2) is 16.3 Å². The fourth-order valence-corrected chi connectivity index (χ4v) is 2.53. The Kier molecular flexibility index (Phi) is 4.87. The van der Waals surface area contributed by atoms with Crippen LogP contribution in [0.1, 0.15) is 32.8 Å². The molecule has 0 bridgehead atoms. The topological polar surface area (TPSA) is 17.1 Å². The lowest BCUT2D eigenvalue weighted by Gasteiger charge is -2.16. The number of thioether (sulfide) groups is 1. The zero-order valence-corrected chi connectivity index (χ0v) is 11.2. The number of hydrogen-bond donors (Lipinski definition) is 0. The van der Waals surface area contributed by atoms with E-state index in [1.807, 2.05) is 0 Å². The molecule has 1 nitrogen and oxygen atoms in total. The van der Waals surface area contributed by atoms with E-state index < -0.39 is 0 Å². The van der Waals surface area contributed by atoms with Crippen LogP contribution < -0.4 is 0 Å². The summed E-state index contributed by atoms with van der Waals surface area (Å²) in [6, 6.07) is 2.09. The van der Waals surface area contributed by atoms with Crippen LogP contribution in [0.15, 0.2) is 16.8 Å². The number of carbonyl (C=O) groups excluding carboxylic acids is 1. The van der Waals surface area contributed by atoms with Gasteiger partial charge in [-0.3, -0.25) is 4.79 Å². The Morgan fingerprint density at radius 1 is 1.47 bits per heavy atom. The maximum atomic E-state index is 11.6. The quantitative estimate of drug-likeness (QED) is 0.781. The lowest BCUT2D eigenvalue weighted by Crippen LogP contribution is -2.13. The van der Waals surface area contributed by atoms with Crippen LogP contribution in [-0.2, 0) is 11.2 Å². The van der Waals surface area contributed by atoms with Crippen molar-refractivity contribution in [2.75, 3.05) is 5.75 Å². The van der Waals surface area contributed by atoms with Gasteiger partial charge in [0.15, 0.2) is 0 Å². The van der Waals surface area contributed by atoms with E-state index in [9.17, 15) is 4.79 Å². The van der Waals surface area contributed by atoms with Crippen molar-refractivity contribution in [2.45, 2.75) is 38.4 Å². The van der Waals surface area contributed by atoms with Crippen molar-refractivity contribution in [1.82, 2.24) is 0 Å². The van der Waals surface area contributed by atoms with E-state index in [4.69, 9.17) is 0 Å². The van der Waals surface area contributed by atoms with Gasteiger partial charge in [-0.25, -0.2) is 0 Å². The van der Waals surface area contributed by atoms with E-state index in [2.05, 4.69) is 37.6 Å². The van der Waals surface area contributed by atoms with Crippen molar-refractivity contribution in [3.8, 4) is 0 Å². The summed E-state index contributed by atoms with van der Waals surface area (Å²) in [5, 5.41) is 4.17. The molecule has 0 N–H and O–H groups in total. The van der Waals surface area contributed by atoms with Gasteiger partial charge in [-0.1, -0.05) is 20.8 Å². The first-order chi connectivity index (χ1) is 6.97. The molecule has 15 heavy (non-hydrogen) atoms. The van der Waals surface area contributed by atoms with Gasteiger partial charge in [-0.15, -0.1) is 11.8 Å². The molecule has 1 aromatic rings. The summed E-state index contributed by atoms with van der Waals surface area (Å²) in [5.74, 6) is 1.01. The molecule has 1 rings (SSSR count). The summed E-state index contributed by atoms with van der Waals surface area (Å²) in [4.78, 5) is 11.6. The predicted octanol–water partition coefficient (Wildman–Crippen LogP) is 3.78. The lowest BCUT2D eigenvalue weighted by molar-refractivity contribution is -0.116.